The van der Waals surface area contributed by atoms with Gasteiger partial charge < -0.3 is 11.1 Å². The first-order valence-corrected chi connectivity index (χ1v) is 8.46. The van der Waals surface area contributed by atoms with E-state index in [2.05, 4.69) is 5.32 Å². The Bertz CT molecular complexity index is 824. The van der Waals surface area contributed by atoms with E-state index in [-0.39, 0.29) is 0 Å². The fourth-order valence-electron chi connectivity index (χ4n) is 2.51. The third-order valence-corrected chi connectivity index (χ3v) is 3.78. The van der Waals surface area contributed by atoms with Crippen LogP contribution in [0.3, 0.4) is 0 Å². The highest BCUT2D eigenvalue weighted by Crippen LogP contribution is 2.27. The fourth-order valence-corrected chi connectivity index (χ4v) is 2.51. The summed E-state index contributed by atoms with van der Waals surface area (Å²) in [5, 5.41) is 3.35. The average molecular weight is 332 g/mol. The Labute approximate surface area is 149 Å². The predicted molar refractivity (Wildman–Crippen MR) is 106 cm³/mol. The molecule has 0 radical (unpaired) electrons. The van der Waals surface area contributed by atoms with Crippen LogP contribution in [0, 0.1) is 6.92 Å². The number of nitrogens with two attached hydrogens (primary N) is 1. The highest BCUT2D eigenvalue weighted by Gasteiger charge is 2.07. The molecule has 0 saturated carbocycles. The Kier molecular flexibility index (Phi) is 6.35. The Morgan fingerprint density at radius 3 is 2.04 bits per heavy atom. The molecule has 128 valence electrons. The molecule has 0 fully saturated rings. The van der Waals surface area contributed by atoms with Gasteiger partial charge in [-0.2, -0.15) is 0 Å². The first-order valence-electron chi connectivity index (χ1n) is 8.46. The van der Waals surface area contributed by atoms with E-state index >= 15 is 0 Å². The van der Waals surface area contributed by atoms with Crippen molar-refractivity contribution in [2.75, 3.05) is 5.32 Å². The normalized spacial score (nSPS) is 9.72. The van der Waals surface area contributed by atoms with Gasteiger partial charge in [0, 0.05) is 16.9 Å². The van der Waals surface area contributed by atoms with Crippen molar-refractivity contribution < 1.29 is 4.79 Å². The summed E-state index contributed by atoms with van der Waals surface area (Å²) < 4.78 is 0. The molecule has 3 heteroatoms. The van der Waals surface area contributed by atoms with Crippen LogP contribution >= 0.6 is 0 Å². The summed E-state index contributed by atoms with van der Waals surface area (Å²) in [7, 11) is 0. The zero-order chi connectivity index (χ0) is 18.2. The molecule has 0 atom stereocenters. The number of amides is 1. The van der Waals surface area contributed by atoms with Crippen LogP contribution in [0.25, 0.3) is 11.1 Å². The van der Waals surface area contributed by atoms with E-state index in [1.54, 1.807) is 6.07 Å². The second-order valence-corrected chi connectivity index (χ2v) is 5.46. The van der Waals surface area contributed by atoms with E-state index < -0.39 is 5.91 Å². The maximum atomic E-state index is 11.4. The van der Waals surface area contributed by atoms with Crippen LogP contribution in [0.15, 0.2) is 72.8 Å². The highest BCUT2D eigenvalue weighted by molar-refractivity contribution is 5.94. The lowest BCUT2D eigenvalue weighted by Gasteiger charge is -2.10. The van der Waals surface area contributed by atoms with Crippen LogP contribution in [-0.2, 0) is 0 Å². The number of hydrogen-bond acceptors (Lipinski definition) is 2. The molecule has 0 spiro atoms. The van der Waals surface area contributed by atoms with Crippen LogP contribution in [0.5, 0.6) is 0 Å². The number of benzene rings is 3. The zero-order valence-corrected chi connectivity index (χ0v) is 14.9. The minimum absolute atomic E-state index is 0.409. The van der Waals surface area contributed by atoms with Gasteiger partial charge in [-0.3, -0.25) is 4.79 Å². The van der Waals surface area contributed by atoms with Crippen molar-refractivity contribution in [2.24, 2.45) is 5.73 Å². The van der Waals surface area contributed by atoms with E-state index in [0.29, 0.717) is 5.56 Å². The molecular weight excluding hydrogens is 308 g/mol. The maximum absolute atomic E-state index is 11.4. The molecule has 3 aromatic rings. The van der Waals surface area contributed by atoms with Crippen LogP contribution in [0.4, 0.5) is 11.4 Å². The number of anilines is 2. The van der Waals surface area contributed by atoms with Gasteiger partial charge in [-0.25, -0.2) is 0 Å². The Hall–Kier alpha value is -3.07. The second kappa shape index (κ2) is 8.69. The number of para-hydroxylation sites is 1. The lowest BCUT2D eigenvalue weighted by atomic mass is 9.97. The molecule has 3 nitrogen and oxygen atoms in total. The average Bonchev–Trinajstić information content (AvgIpc) is 2.65. The summed E-state index contributed by atoms with van der Waals surface area (Å²) in [5.74, 6) is -0.409. The number of carbonyl (C=O) groups excluding carboxylic acids is 1. The van der Waals surface area contributed by atoms with E-state index in [1.165, 1.54) is 0 Å². The molecule has 0 aliphatic heterocycles. The Morgan fingerprint density at radius 1 is 0.840 bits per heavy atom. The molecule has 3 N–H and O–H groups in total. The Morgan fingerprint density at radius 2 is 1.44 bits per heavy atom. The van der Waals surface area contributed by atoms with Crippen molar-refractivity contribution in [3.63, 3.8) is 0 Å². The molecule has 0 aliphatic rings. The van der Waals surface area contributed by atoms with Gasteiger partial charge in [0.15, 0.2) is 0 Å². The topological polar surface area (TPSA) is 55.1 Å². The molecule has 0 aliphatic carbocycles. The third-order valence-electron chi connectivity index (χ3n) is 3.78. The second-order valence-electron chi connectivity index (χ2n) is 5.46. The van der Waals surface area contributed by atoms with Gasteiger partial charge >= 0.3 is 0 Å². The van der Waals surface area contributed by atoms with Gasteiger partial charge in [0.05, 0.1) is 0 Å². The Balaban J connectivity index is 0.00000109. The van der Waals surface area contributed by atoms with Crippen molar-refractivity contribution >= 4 is 17.3 Å². The highest BCUT2D eigenvalue weighted by atomic mass is 16.1. The summed E-state index contributed by atoms with van der Waals surface area (Å²) >= 11 is 0. The molecule has 25 heavy (non-hydrogen) atoms. The summed E-state index contributed by atoms with van der Waals surface area (Å²) in [4.78, 5) is 11.4. The number of primary amides is 1. The molecule has 0 saturated heterocycles. The molecule has 0 unspecified atom stereocenters. The maximum Gasteiger partial charge on any atom is 0.248 e. The van der Waals surface area contributed by atoms with Crippen molar-refractivity contribution in [2.45, 2.75) is 20.8 Å². The van der Waals surface area contributed by atoms with Crippen LogP contribution in [-0.4, -0.2) is 5.91 Å². The fraction of sp³-hybridized carbons (Fsp3) is 0.136. The molecule has 3 aromatic carbocycles. The first-order chi connectivity index (χ1) is 12.1. The standard InChI is InChI=1S/C20H18N2O.C2H6/c1-14-7-8-16(20(21)23)13-19(14)15-9-11-18(12-10-15)22-17-5-3-2-4-6-17;1-2/h2-13,22H,1H3,(H2,21,23);1-2H3. The van der Waals surface area contributed by atoms with Crippen molar-refractivity contribution in [1.29, 1.82) is 0 Å². The lowest BCUT2D eigenvalue weighted by molar-refractivity contribution is 0.100. The molecule has 3 rings (SSSR count). The van der Waals surface area contributed by atoms with E-state index in [1.807, 2.05) is 87.5 Å². The van der Waals surface area contributed by atoms with Gasteiger partial charge in [0.25, 0.3) is 0 Å². The van der Waals surface area contributed by atoms with Gasteiger partial charge in [-0.1, -0.05) is 50.2 Å². The quantitative estimate of drug-likeness (QED) is 0.660. The summed E-state index contributed by atoms with van der Waals surface area (Å²) in [6, 6.07) is 23.7. The monoisotopic (exact) mass is 332 g/mol. The zero-order valence-electron chi connectivity index (χ0n) is 14.9. The van der Waals surface area contributed by atoms with E-state index in [9.17, 15) is 4.79 Å². The lowest BCUT2D eigenvalue weighted by Crippen LogP contribution is -2.10. The predicted octanol–water partition coefficient (Wildman–Crippen LogP) is 5.53. The number of rotatable bonds is 4. The smallest absolute Gasteiger partial charge is 0.248 e. The first kappa shape index (κ1) is 18.3. The summed E-state index contributed by atoms with van der Waals surface area (Å²) in [6.07, 6.45) is 0. The number of hydrogen-bond donors (Lipinski definition) is 2. The van der Waals surface area contributed by atoms with Crippen molar-refractivity contribution in [3.8, 4) is 11.1 Å². The van der Waals surface area contributed by atoms with Crippen LogP contribution in [0.2, 0.25) is 0 Å². The molecular formula is C22H24N2O. The minimum atomic E-state index is -0.409. The SMILES string of the molecule is CC.Cc1ccc(C(N)=O)cc1-c1ccc(Nc2ccccc2)cc1. The number of carbonyl (C=O) groups is 1. The van der Waals surface area contributed by atoms with Gasteiger partial charge in [-0.05, 0) is 60.0 Å². The van der Waals surface area contributed by atoms with E-state index in [0.717, 1.165) is 28.1 Å². The summed E-state index contributed by atoms with van der Waals surface area (Å²) in [6.45, 7) is 6.02. The van der Waals surface area contributed by atoms with Crippen molar-refractivity contribution in [1.82, 2.24) is 0 Å². The van der Waals surface area contributed by atoms with Gasteiger partial charge in [0.2, 0.25) is 5.91 Å². The minimum Gasteiger partial charge on any atom is -0.366 e. The largest absolute Gasteiger partial charge is 0.366 e. The number of nitrogens with one attached hydrogen (secondary N) is 1. The number of aryl methyl sites for hydroxylation is 1. The summed E-state index contributed by atoms with van der Waals surface area (Å²) in [5.41, 5.74) is 11.2. The van der Waals surface area contributed by atoms with Gasteiger partial charge in [-0.15, -0.1) is 0 Å². The van der Waals surface area contributed by atoms with E-state index in [4.69, 9.17) is 5.73 Å². The third kappa shape index (κ3) is 4.70. The van der Waals surface area contributed by atoms with Crippen LogP contribution in [0.1, 0.15) is 29.8 Å². The van der Waals surface area contributed by atoms with Gasteiger partial charge in [0.1, 0.15) is 0 Å². The molecule has 1 amide bonds. The molecule has 0 heterocycles. The van der Waals surface area contributed by atoms with Crippen LogP contribution < -0.4 is 11.1 Å². The molecule has 0 bridgehead atoms. The molecule has 0 aromatic heterocycles. The van der Waals surface area contributed by atoms with Crippen molar-refractivity contribution in [3.05, 3.63) is 83.9 Å².